The van der Waals surface area contributed by atoms with Gasteiger partial charge in [-0.3, -0.25) is 4.55 Å². The first kappa shape index (κ1) is 13.6. The highest BCUT2D eigenvalue weighted by Crippen LogP contribution is 2.30. The Bertz CT molecular complexity index is 890. The molecule has 0 saturated heterocycles. The lowest BCUT2D eigenvalue weighted by Crippen LogP contribution is -2.03. The Kier molecular flexibility index (Phi) is 3.37. The number of para-hydroxylation sites is 1. The molecule has 0 fully saturated rings. The van der Waals surface area contributed by atoms with Gasteiger partial charge in [-0.15, -0.1) is 0 Å². The number of hydrogen-bond acceptors (Lipinski definition) is 3. The summed E-state index contributed by atoms with van der Waals surface area (Å²) in [7, 11) is -4.31. The maximum Gasteiger partial charge on any atom is 0.296 e. The minimum absolute atomic E-state index is 0.134. The molecule has 0 unspecified atom stereocenters. The predicted octanol–water partition coefficient (Wildman–Crippen LogP) is 3.83. The fourth-order valence-electron chi connectivity index (χ4n) is 2.21. The van der Waals surface area contributed by atoms with Crippen LogP contribution >= 0.6 is 0 Å². The van der Waals surface area contributed by atoms with E-state index in [0.717, 1.165) is 16.5 Å². The molecule has 2 N–H and O–H groups in total. The molecule has 4 nitrogen and oxygen atoms in total. The van der Waals surface area contributed by atoms with E-state index in [4.69, 9.17) is 0 Å². The zero-order chi connectivity index (χ0) is 14.9. The topological polar surface area (TPSA) is 66.4 Å². The van der Waals surface area contributed by atoms with Crippen LogP contribution in [0, 0.1) is 0 Å². The molecule has 0 heterocycles. The molecule has 0 aromatic heterocycles. The zero-order valence-electron chi connectivity index (χ0n) is 11.0. The summed E-state index contributed by atoms with van der Waals surface area (Å²) in [5, 5.41) is 4.68. The van der Waals surface area contributed by atoms with Gasteiger partial charge in [-0.25, -0.2) is 0 Å². The van der Waals surface area contributed by atoms with E-state index < -0.39 is 10.1 Å². The molecule has 3 aromatic rings. The Morgan fingerprint density at radius 1 is 0.810 bits per heavy atom. The zero-order valence-corrected chi connectivity index (χ0v) is 11.8. The molecule has 3 rings (SSSR count). The van der Waals surface area contributed by atoms with Crippen molar-refractivity contribution in [1.82, 2.24) is 0 Å². The molecule has 0 atom stereocenters. The molecule has 0 aliphatic carbocycles. The van der Waals surface area contributed by atoms with Crippen LogP contribution in [0.1, 0.15) is 0 Å². The van der Waals surface area contributed by atoms with Gasteiger partial charge in [0.2, 0.25) is 0 Å². The van der Waals surface area contributed by atoms with E-state index in [9.17, 15) is 13.0 Å². The largest absolute Gasteiger partial charge is 0.354 e. The second kappa shape index (κ2) is 5.20. The maximum absolute atomic E-state index is 11.6. The number of anilines is 2. The van der Waals surface area contributed by atoms with Gasteiger partial charge in [0.1, 0.15) is 4.90 Å². The van der Waals surface area contributed by atoms with Crippen LogP contribution in [0.5, 0.6) is 0 Å². The van der Waals surface area contributed by atoms with Gasteiger partial charge < -0.3 is 5.32 Å². The fourth-order valence-corrected chi connectivity index (χ4v) is 2.87. The molecule has 5 heteroatoms. The van der Waals surface area contributed by atoms with Crippen LogP contribution in [0.15, 0.2) is 71.6 Å². The molecular weight excluding hydrogens is 286 g/mol. The molecule has 0 saturated carbocycles. The van der Waals surface area contributed by atoms with Gasteiger partial charge in [-0.05, 0) is 35.0 Å². The van der Waals surface area contributed by atoms with E-state index >= 15 is 0 Å². The van der Waals surface area contributed by atoms with Crippen molar-refractivity contribution in [3.05, 3.63) is 66.7 Å². The predicted molar refractivity (Wildman–Crippen MR) is 83.5 cm³/mol. The third-order valence-electron chi connectivity index (χ3n) is 3.18. The molecule has 0 aliphatic rings. The van der Waals surface area contributed by atoms with Crippen molar-refractivity contribution in [2.24, 2.45) is 0 Å². The minimum Gasteiger partial charge on any atom is -0.354 e. The van der Waals surface area contributed by atoms with E-state index in [1.54, 1.807) is 12.1 Å². The summed E-state index contributed by atoms with van der Waals surface area (Å²) >= 11 is 0. The first-order chi connectivity index (χ1) is 10.0. The van der Waals surface area contributed by atoms with Crippen LogP contribution in [0.4, 0.5) is 11.4 Å². The van der Waals surface area contributed by atoms with Crippen molar-refractivity contribution in [2.75, 3.05) is 5.32 Å². The fraction of sp³-hybridized carbons (Fsp3) is 0. The van der Waals surface area contributed by atoms with E-state index in [2.05, 4.69) is 5.32 Å². The molecule has 0 amide bonds. The molecule has 0 radical (unpaired) electrons. The second-order valence-corrected chi connectivity index (χ2v) is 6.05. The number of nitrogens with one attached hydrogen (secondary N) is 1. The monoisotopic (exact) mass is 299 g/mol. The highest BCUT2D eigenvalue weighted by atomic mass is 32.2. The van der Waals surface area contributed by atoms with Crippen LogP contribution in [0.3, 0.4) is 0 Å². The van der Waals surface area contributed by atoms with Gasteiger partial charge in [-0.2, -0.15) is 8.42 Å². The average molecular weight is 299 g/mol. The molecule has 0 aliphatic heterocycles. The van der Waals surface area contributed by atoms with Crippen molar-refractivity contribution in [3.63, 3.8) is 0 Å². The van der Waals surface area contributed by atoms with E-state index in [0.29, 0.717) is 5.69 Å². The highest BCUT2D eigenvalue weighted by Gasteiger charge is 2.16. The lowest BCUT2D eigenvalue weighted by Gasteiger charge is -2.12. The van der Waals surface area contributed by atoms with Crippen LogP contribution in [-0.2, 0) is 10.1 Å². The summed E-state index contributed by atoms with van der Waals surface area (Å²) in [4.78, 5) is -0.134. The molecule has 106 valence electrons. The van der Waals surface area contributed by atoms with Crippen LogP contribution in [0.25, 0.3) is 10.8 Å². The summed E-state index contributed by atoms with van der Waals surface area (Å²) in [6.45, 7) is 0. The normalized spacial score (nSPS) is 11.5. The second-order valence-electron chi connectivity index (χ2n) is 4.66. The number of hydrogen-bond donors (Lipinski definition) is 2. The van der Waals surface area contributed by atoms with Gasteiger partial charge in [-0.1, -0.05) is 42.5 Å². The van der Waals surface area contributed by atoms with E-state index in [1.165, 1.54) is 6.07 Å². The van der Waals surface area contributed by atoms with Gasteiger partial charge in [0, 0.05) is 5.69 Å². The quantitative estimate of drug-likeness (QED) is 0.721. The summed E-state index contributed by atoms with van der Waals surface area (Å²) < 4.78 is 32.6. The van der Waals surface area contributed by atoms with Crippen LogP contribution in [-0.4, -0.2) is 13.0 Å². The Morgan fingerprint density at radius 2 is 1.38 bits per heavy atom. The van der Waals surface area contributed by atoms with Gasteiger partial charge in [0.05, 0.1) is 5.69 Å². The van der Waals surface area contributed by atoms with E-state index in [-0.39, 0.29) is 4.90 Å². The van der Waals surface area contributed by atoms with Gasteiger partial charge in [0.15, 0.2) is 0 Å². The van der Waals surface area contributed by atoms with E-state index in [1.807, 2.05) is 48.5 Å². The van der Waals surface area contributed by atoms with Crippen LogP contribution in [0.2, 0.25) is 0 Å². The first-order valence-corrected chi connectivity index (χ1v) is 7.80. The number of benzene rings is 3. The minimum atomic E-state index is -4.31. The highest BCUT2D eigenvalue weighted by molar-refractivity contribution is 7.86. The van der Waals surface area contributed by atoms with Crippen molar-refractivity contribution in [1.29, 1.82) is 0 Å². The number of rotatable bonds is 3. The summed E-state index contributed by atoms with van der Waals surface area (Å²) in [5.41, 5.74) is 1.10. The third-order valence-corrected chi connectivity index (χ3v) is 4.07. The summed E-state index contributed by atoms with van der Waals surface area (Å²) in [6, 6.07) is 19.8. The van der Waals surface area contributed by atoms with Gasteiger partial charge >= 0.3 is 0 Å². The summed E-state index contributed by atoms with van der Waals surface area (Å²) in [6.07, 6.45) is 0. The Balaban J connectivity index is 2.19. The maximum atomic E-state index is 11.6. The van der Waals surface area contributed by atoms with Crippen molar-refractivity contribution >= 4 is 32.3 Å². The van der Waals surface area contributed by atoms with Crippen molar-refractivity contribution in [2.45, 2.75) is 4.90 Å². The third kappa shape index (κ3) is 2.89. The smallest absolute Gasteiger partial charge is 0.296 e. The Morgan fingerprint density at radius 3 is 2.00 bits per heavy atom. The summed E-state index contributed by atoms with van der Waals surface area (Å²) in [5.74, 6) is 0. The first-order valence-electron chi connectivity index (χ1n) is 6.36. The lowest BCUT2D eigenvalue weighted by atomic mass is 10.1. The molecule has 0 spiro atoms. The SMILES string of the molecule is O=S(=O)(O)c1cc2ccccc2cc1Nc1ccccc1. The Labute approximate surface area is 122 Å². The number of fused-ring (bicyclic) bond motifs is 1. The lowest BCUT2D eigenvalue weighted by molar-refractivity contribution is 0.483. The standard InChI is InChI=1S/C16H13NO3S/c18-21(19,20)16-11-13-7-5-4-6-12(13)10-15(16)17-14-8-2-1-3-9-14/h1-11,17H,(H,18,19,20). The van der Waals surface area contributed by atoms with Crippen molar-refractivity contribution in [3.8, 4) is 0 Å². The average Bonchev–Trinajstić information content (AvgIpc) is 2.46. The molecule has 0 bridgehead atoms. The van der Waals surface area contributed by atoms with Gasteiger partial charge in [0.25, 0.3) is 10.1 Å². The molecule has 3 aromatic carbocycles. The van der Waals surface area contributed by atoms with Crippen LogP contribution < -0.4 is 5.32 Å². The molecular formula is C16H13NO3S. The van der Waals surface area contributed by atoms with Crippen molar-refractivity contribution < 1.29 is 13.0 Å². The molecule has 21 heavy (non-hydrogen) atoms. The Hall–Kier alpha value is -2.37.